The zero-order valence-corrected chi connectivity index (χ0v) is 16.9. The summed E-state index contributed by atoms with van der Waals surface area (Å²) in [4.78, 5) is 31.5. The van der Waals surface area contributed by atoms with Crippen LogP contribution in [0, 0.1) is 5.92 Å². The Labute approximate surface area is 166 Å². The highest BCUT2D eigenvalue weighted by Crippen LogP contribution is 2.45. The van der Waals surface area contributed by atoms with Crippen LogP contribution >= 0.6 is 23.1 Å². The predicted octanol–water partition coefficient (Wildman–Crippen LogP) is 3.41. The highest BCUT2D eigenvalue weighted by Gasteiger charge is 2.41. The topological polar surface area (TPSA) is 71.0 Å². The van der Waals surface area contributed by atoms with Gasteiger partial charge in [0.1, 0.15) is 0 Å². The van der Waals surface area contributed by atoms with Gasteiger partial charge in [-0.15, -0.1) is 0 Å². The van der Waals surface area contributed by atoms with Gasteiger partial charge in [0, 0.05) is 12.2 Å². The van der Waals surface area contributed by atoms with Crippen molar-refractivity contribution < 1.29 is 14.3 Å². The van der Waals surface area contributed by atoms with Gasteiger partial charge in [-0.05, 0) is 53.5 Å². The van der Waals surface area contributed by atoms with E-state index in [2.05, 4.69) is 10.3 Å². The number of amidine groups is 1. The van der Waals surface area contributed by atoms with Gasteiger partial charge in [-0.25, -0.2) is 9.79 Å². The fourth-order valence-corrected chi connectivity index (χ4v) is 4.94. The van der Waals surface area contributed by atoms with Crippen LogP contribution in [0.4, 0.5) is 0 Å². The first-order chi connectivity index (χ1) is 13.1. The van der Waals surface area contributed by atoms with Gasteiger partial charge in [0.2, 0.25) is 5.91 Å². The van der Waals surface area contributed by atoms with Crippen LogP contribution in [0.5, 0.6) is 0 Å². The number of carbonyl (C=O) groups is 2. The lowest BCUT2D eigenvalue weighted by Gasteiger charge is -2.35. The summed E-state index contributed by atoms with van der Waals surface area (Å²) >= 11 is 3.07. The summed E-state index contributed by atoms with van der Waals surface area (Å²) in [6.07, 6.45) is 2.68. The van der Waals surface area contributed by atoms with E-state index in [0.717, 1.165) is 23.0 Å². The van der Waals surface area contributed by atoms with Crippen molar-refractivity contribution in [3.05, 3.63) is 44.8 Å². The Kier molecular flexibility index (Phi) is 5.10. The lowest BCUT2D eigenvalue weighted by molar-refractivity contribution is -0.136. The molecule has 1 aliphatic carbocycles. The number of aliphatic imine (C=N–C) groups is 1. The minimum absolute atomic E-state index is 0.00459. The second-order valence-electron chi connectivity index (χ2n) is 6.87. The number of thioether (sulfide) groups is 1. The predicted molar refractivity (Wildman–Crippen MR) is 107 cm³/mol. The molecule has 0 bridgehead atoms. The van der Waals surface area contributed by atoms with Crippen LogP contribution in [0.2, 0.25) is 0 Å². The molecule has 0 saturated heterocycles. The number of fused-ring (bicyclic) bond motifs is 1. The van der Waals surface area contributed by atoms with Crippen LogP contribution in [0.15, 0.2) is 44.2 Å². The average molecular weight is 404 g/mol. The summed E-state index contributed by atoms with van der Waals surface area (Å²) in [6, 6.07) is 1.68. The maximum Gasteiger partial charge on any atom is 0.338 e. The molecule has 1 atom stereocenters. The van der Waals surface area contributed by atoms with Crippen LogP contribution in [-0.4, -0.2) is 35.6 Å². The third-order valence-electron chi connectivity index (χ3n) is 4.89. The van der Waals surface area contributed by atoms with Crippen molar-refractivity contribution in [2.75, 3.05) is 13.7 Å². The number of ether oxygens (including phenoxy) is 1. The molecule has 8 heteroatoms. The third kappa shape index (κ3) is 3.68. The number of hydrogen-bond acceptors (Lipinski definition) is 7. The summed E-state index contributed by atoms with van der Waals surface area (Å²) < 4.78 is 5.03. The van der Waals surface area contributed by atoms with Crippen LogP contribution in [0.3, 0.4) is 0 Å². The lowest BCUT2D eigenvalue weighted by atomic mass is 9.96. The minimum Gasteiger partial charge on any atom is -0.466 e. The standard InChI is InChI=1S/C19H21N3O3S2/c1-11-16(18(24)25-2)17(13-5-6-26-9-13)22-14(10-27-19(22)21-11)7-15(23)20-8-12-3-4-12/h5-6,9-10,12,17H,3-4,7-8H2,1-2H3,(H,20,23). The Hall–Kier alpha value is -2.06. The molecule has 0 aromatic carbocycles. The van der Waals surface area contributed by atoms with Crippen LogP contribution < -0.4 is 5.32 Å². The molecule has 1 amide bonds. The highest BCUT2D eigenvalue weighted by atomic mass is 32.2. The first-order valence-corrected chi connectivity index (χ1v) is 10.7. The molecule has 3 heterocycles. The molecule has 4 rings (SSSR count). The minimum atomic E-state index is -0.388. The summed E-state index contributed by atoms with van der Waals surface area (Å²) in [5, 5.41) is 9.78. The van der Waals surface area contributed by atoms with Gasteiger partial charge >= 0.3 is 5.97 Å². The molecule has 6 nitrogen and oxygen atoms in total. The van der Waals surface area contributed by atoms with Crippen molar-refractivity contribution in [3.63, 3.8) is 0 Å². The van der Waals surface area contributed by atoms with Crippen molar-refractivity contribution in [1.29, 1.82) is 0 Å². The van der Waals surface area contributed by atoms with E-state index >= 15 is 0 Å². The number of nitrogens with one attached hydrogen (secondary N) is 1. The Morgan fingerprint density at radius 2 is 2.22 bits per heavy atom. The molecule has 0 radical (unpaired) electrons. The quantitative estimate of drug-likeness (QED) is 0.737. The van der Waals surface area contributed by atoms with E-state index in [1.54, 1.807) is 11.3 Å². The zero-order valence-electron chi connectivity index (χ0n) is 15.2. The molecule has 0 spiro atoms. The Morgan fingerprint density at radius 1 is 1.41 bits per heavy atom. The highest BCUT2D eigenvalue weighted by molar-refractivity contribution is 8.16. The molecule has 3 aliphatic rings. The van der Waals surface area contributed by atoms with Crippen molar-refractivity contribution in [2.45, 2.75) is 32.2 Å². The molecule has 1 unspecified atom stereocenters. The van der Waals surface area contributed by atoms with E-state index in [1.165, 1.54) is 31.7 Å². The van der Waals surface area contributed by atoms with Gasteiger partial charge in [0.15, 0.2) is 5.17 Å². The number of esters is 1. The second kappa shape index (κ2) is 7.52. The molecule has 2 aliphatic heterocycles. The van der Waals surface area contributed by atoms with Gasteiger partial charge in [-0.2, -0.15) is 11.3 Å². The molecule has 142 valence electrons. The first-order valence-electron chi connectivity index (χ1n) is 8.90. The largest absolute Gasteiger partial charge is 0.466 e. The molecular weight excluding hydrogens is 382 g/mol. The van der Waals surface area contributed by atoms with Crippen molar-refractivity contribution in [1.82, 2.24) is 10.2 Å². The third-order valence-corrected chi connectivity index (χ3v) is 6.48. The number of nitrogens with zero attached hydrogens (tertiary/aromatic N) is 2. The SMILES string of the molecule is COC(=O)C1=C(C)N=C2SC=C(CC(=O)NCC3CC3)N2C1c1ccsc1. The van der Waals surface area contributed by atoms with Crippen LogP contribution in [-0.2, 0) is 14.3 Å². The fraction of sp³-hybridized carbons (Fsp3) is 0.421. The Morgan fingerprint density at radius 3 is 2.89 bits per heavy atom. The lowest BCUT2D eigenvalue weighted by Crippen LogP contribution is -2.37. The molecule has 1 aromatic heterocycles. The number of amides is 1. The molecular formula is C19H21N3O3S2. The van der Waals surface area contributed by atoms with Crippen LogP contribution in [0.25, 0.3) is 0 Å². The van der Waals surface area contributed by atoms with Crippen molar-refractivity contribution in [3.8, 4) is 0 Å². The van der Waals surface area contributed by atoms with Crippen LogP contribution in [0.1, 0.15) is 37.8 Å². The number of carbonyl (C=O) groups excluding carboxylic acids is 2. The average Bonchev–Trinajstić information content (AvgIpc) is 3.17. The normalized spacial score (nSPS) is 21.6. The summed E-state index contributed by atoms with van der Waals surface area (Å²) in [5.41, 5.74) is 3.03. The van der Waals surface area contributed by atoms with Gasteiger partial charge in [0.25, 0.3) is 0 Å². The van der Waals surface area contributed by atoms with E-state index < -0.39 is 0 Å². The maximum absolute atomic E-state index is 12.5. The summed E-state index contributed by atoms with van der Waals surface area (Å²) in [7, 11) is 1.38. The van der Waals surface area contributed by atoms with Crippen molar-refractivity contribution in [2.24, 2.45) is 10.9 Å². The monoisotopic (exact) mass is 403 g/mol. The van der Waals surface area contributed by atoms with E-state index in [9.17, 15) is 9.59 Å². The van der Waals surface area contributed by atoms with E-state index in [-0.39, 0.29) is 24.3 Å². The first kappa shape index (κ1) is 18.3. The number of methoxy groups -OCH3 is 1. The van der Waals surface area contributed by atoms with E-state index in [1.807, 2.05) is 34.1 Å². The fourth-order valence-electron chi connectivity index (χ4n) is 3.29. The van der Waals surface area contributed by atoms with E-state index in [0.29, 0.717) is 17.2 Å². The van der Waals surface area contributed by atoms with Gasteiger partial charge < -0.3 is 15.0 Å². The Bertz CT molecular complexity index is 854. The molecule has 1 fully saturated rings. The summed E-state index contributed by atoms with van der Waals surface area (Å²) in [5.74, 6) is 0.258. The molecule has 27 heavy (non-hydrogen) atoms. The molecule has 1 saturated carbocycles. The molecule has 1 aromatic rings. The molecule has 1 N–H and O–H groups in total. The van der Waals surface area contributed by atoms with Gasteiger partial charge in [-0.1, -0.05) is 11.8 Å². The second-order valence-corrected chi connectivity index (χ2v) is 8.48. The zero-order chi connectivity index (χ0) is 19.0. The number of allylic oxidation sites excluding steroid dienone is 1. The van der Waals surface area contributed by atoms with Crippen molar-refractivity contribution >= 4 is 40.1 Å². The number of rotatable bonds is 6. The van der Waals surface area contributed by atoms with E-state index in [4.69, 9.17) is 4.74 Å². The number of thiophene rings is 1. The van der Waals surface area contributed by atoms with Gasteiger partial charge in [-0.3, -0.25) is 4.79 Å². The van der Waals surface area contributed by atoms with Gasteiger partial charge in [0.05, 0.1) is 30.8 Å². The smallest absolute Gasteiger partial charge is 0.338 e. The Balaban J connectivity index is 1.62. The number of hydrogen-bond donors (Lipinski definition) is 1. The summed E-state index contributed by atoms with van der Waals surface area (Å²) in [6.45, 7) is 2.58. The maximum atomic E-state index is 12.5.